The van der Waals surface area contributed by atoms with Gasteiger partial charge in [-0.05, 0) is 80.9 Å². The third-order valence-electron chi connectivity index (χ3n) is 10.8. The van der Waals surface area contributed by atoms with Crippen molar-refractivity contribution in [3.63, 3.8) is 0 Å². The molecule has 4 fully saturated rings. The molecule has 4 aliphatic carbocycles. The number of hydrogen-bond donors (Lipinski definition) is 0. The first-order valence-electron chi connectivity index (χ1n) is 14.1. The number of carbonyl (C=O) groups excluding carboxylic acids is 3. The van der Waals surface area contributed by atoms with Crippen LogP contribution in [0.4, 0.5) is 0 Å². The van der Waals surface area contributed by atoms with Crippen molar-refractivity contribution in [2.45, 2.75) is 63.8 Å². The predicted molar refractivity (Wildman–Crippen MR) is 146 cm³/mol. The summed E-state index contributed by atoms with van der Waals surface area (Å²) in [5.41, 5.74) is -0.642. The van der Waals surface area contributed by atoms with Crippen LogP contribution in [0.15, 0.2) is 80.7 Å². The summed E-state index contributed by atoms with van der Waals surface area (Å²) in [6.07, 6.45) is 10.9. The van der Waals surface area contributed by atoms with Crippen LogP contribution in [-0.2, 0) is 19.0 Å². The number of epoxide rings is 1. The van der Waals surface area contributed by atoms with Crippen LogP contribution in [0.1, 0.15) is 67.6 Å². The summed E-state index contributed by atoms with van der Waals surface area (Å²) in [7, 11) is 0. The molecule has 7 rings (SSSR count). The van der Waals surface area contributed by atoms with E-state index in [9.17, 15) is 14.4 Å². The maximum Gasteiger partial charge on any atom is 0.379 e. The third kappa shape index (κ3) is 3.35. The fourth-order valence-electron chi connectivity index (χ4n) is 9.08. The molecule has 9 heteroatoms. The zero-order valence-corrected chi connectivity index (χ0v) is 23.8. The van der Waals surface area contributed by atoms with Crippen molar-refractivity contribution < 1.29 is 37.4 Å². The average Bonchev–Trinajstić information content (AvgIpc) is 3.37. The predicted octanol–water partition coefficient (Wildman–Crippen LogP) is 6.39. The summed E-state index contributed by atoms with van der Waals surface area (Å²) in [6.45, 7) is 6.28. The molecule has 3 saturated carbocycles. The van der Waals surface area contributed by atoms with Crippen LogP contribution in [-0.4, -0.2) is 35.0 Å². The van der Waals surface area contributed by atoms with Gasteiger partial charge in [0.2, 0.25) is 11.5 Å². The van der Waals surface area contributed by atoms with E-state index in [1.165, 1.54) is 30.2 Å². The van der Waals surface area contributed by atoms with Crippen LogP contribution in [0.2, 0.25) is 0 Å². The zero-order chi connectivity index (χ0) is 28.8. The highest BCUT2D eigenvalue weighted by Crippen LogP contribution is 2.77. The van der Waals surface area contributed by atoms with E-state index in [1.54, 1.807) is 24.3 Å². The minimum Gasteiger partial charge on any atom is -0.457 e. The van der Waals surface area contributed by atoms with Crippen molar-refractivity contribution in [2.24, 2.45) is 28.6 Å². The lowest BCUT2D eigenvalue weighted by Crippen LogP contribution is -2.61. The standard InChI is InChI=1S/C32H31ClO8/c1-18-14-22-21-9-8-19-15-20(34)10-11-29(19,2)32(21)25(40-32)16-30(22,3)31(18,41-28(36)24-7-5-13-38-24)26(17-33)39-27(35)23-6-4-12-37-23/h4-7,10-13,15,17-18,21-22,25H,8-9,14,16H2,1-3H3/b26-17+/t18-,21?,22?,25+,29+,30+,31+,32+/m1/s1. The second kappa shape index (κ2) is 8.82. The Hall–Kier alpha value is -3.36. The lowest BCUT2D eigenvalue weighted by Gasteiger charge is -2.56. The monoisotopic (exact) mass is 578 g/mol. The first kappa shape index (κ1) is 26.5. The maximum atomic E-state index is 13.6. The molecular weight excluding hydrogens is 548 g/mol. The lowest BCUT2D eigenvalue weighted by atomic mass is 9.47. The molecule has 5 aliphatic rings. The highest BCUT2D eigenvalue weighted by molar-refractivity contribution is 6.25. The number of hydrogen-bond acceptors (Lipinski definition) is 8. The van der Waals surface area contributed by atoms with Gasteiger partial charge in [-0.2, -0.15) is 0 Å². The van der Waals surface area contributed by atoms with Gasteiger partial charge in [0.15, 0.2) is 17.1 Å². The lowest BCUT2D eigenvalue weighted by molar-refractivity contribution is -0.126. The number of esters is 2. The molecule has 8 nitrogen and oxygen atoms in total. The summed E-state index contributed by atoms with van der Waals surface area (Å²) in [6, 6.07) is 6.25. The van der Waals surface area contributed by atoms with Crippen LogP contribution >= 0.6 is 11.6 Å². The Morgan fingerprint density at radius 3 is 2.44 bits per heavy atom. The van der Waals surface area contributed by atoms with E-state index in [0.717, 1.165) is 18.4 Å². The first-order chi connectivity index (χ1) is 19.6. The Bertz CT molecular complexity index is 1520. The Balaban J connectivity index is 1.32. The zero-order valence-electron chi connectivity index (χ0n) is 23.1. The molecule has 2 unspecified atom stereocenters. The Morgan fingerprint density at radius 1 is 1.07 bits per heavy atom. The number of allylic oxidation sites excluding steroid dienone is 2. The molecule has 1 aliphatic heterocycles. The Morgan fingerprint density at radius 2 is 1.78 bits per heavy atom. The molecule has 8 atom stereocenters. The van der Waals surface area contributed by atoms with Crippen LogP contribution in [0.25, 0.3) is 0 Å². The number of ketones is 1. The second-order valence-corrected chi connectivity index (χ2v) is 12.7. The minimum absolute atomic E-state index is 0.00669. The van der Waals surface area contributed by atoms with Gasteiger partial charge in [0.1, 0.15) is 5.60 Å². The maximum absolute atomic E-state index is 13.6. The largest absolute Gasteiger partial charge is 0.457 e. The van der Waals surface area contributed by atoms with Gasteiger partial charge in [0.05, 0.1) is 18.6 Å². The molecule has 214 valence electrons. The van der Waals surface area contributed by atoms with Crippen molar-refractivity contribution in [3.05, 3.63) is 83.4 Å². The highest BCUT2D eigenvalue weighted by atomic mass is 35.5. The number of halogens is 1. The van der Waals surface area contributed by atoms with Gasteiger partial charge in [-0.3, -0.25) is 4.79 Å². The molecular formula is C32H31ClO8. The molecule has 2 aromatic heterocycles. The molecule has 3 heterocycles. The summed E-state index contributed by atoms with van der Waals surface area (Å²) in [4.78, 5) is 39.0. The van der Waals surface area contributed by atoms with Crippen molar-refractivity contribution in [3.8, 4) is 0 Å². The van der Waals surface area contributed by atoms with Crippen molar-refractivity contribution in [1.29, 1.82) is 0 Å². The Kier molecular flexibility index (Phi) is 5.71. The number of fused-ring (bicyclic) bond motifs is 3. The normalized spacial score (nSPS) is 40.5. The van der Waals surface area contributed by atoms with Crippen LogP contribution in [0, 0.1) is 28.6 Å². The van der Waals surface area contributed by atoms with Crippen LogP contribution in [0.5, 0.6) is 0 Å². The molecule has 0 amide bonds. The molecule has 0 N–H and O–H groups in total. The molecule has 0 bridgehead atoms. The summed E-state index contributed by atoms with van der Waals surface area (Å²) in [5.74, 6) is -1.40. The average molecular weight is 579 g/mol. The summed E-state index contributed by atoms with van der Waals surface area (Å²) >= 11 is 6.45. The number of furan rings is 2. The third-order valence-corrected chi connectivity index (χ3v) is 11.0. The fraction of sp³-hybridized carbons (Fsp3) is 0.469. The van der Waals surface area contributed by atoms with Crippen molar-refractivity contribution in [2.75, 3.05) is 0 Å². The molecule has 1 spiro atoms. The molecule has 0 aromatic carbocycles. The number of rotatable bonds is 5. The van der Waals surface area contributed by atoms with E-state index in [4.69, 9.17) is 34.6 Å². The number of carbonyl (C=O) groups is 3. The second-order valence-electron chi connectivity index (χ2n) is 12.5. The van der Waals surface area contributed by atoms with Crippen molar-refractivity contribution in [1.82, 2.24) is 0 Å². The van der Waals surface area contributed by atoms with Gasteiger partial charge in [0, 0.05) is 22.3 Å². The minimum atomic E-state index is -1.40. The van der Waals surface area contributed by atoms with E-state index < -0.39 is 34.0 Å². The fourth-order valence-corrected chi connectivity index (χ4v) is 9.28. The van der Waals surface area contributed by atoms with Crippen molar-refractivity contribution >= 4 is 29.3 Å². The summed E-state index contributed by atoms with van der Waals surface area (Å²) in [5, 5.41) is 0. The van der Waals surface area contributed by atoms with E-state index in [2.05, 4.69) is 13.8 Å². The topological polar surface area (TPSA) is 108 Å². The molecule has 2 aromatic rings. The van der Waals surface area contributed by atoms with Gasteiger partial charge in [-0.1, -0.05) is 37.1 Å². The van der Waals surface area contributed by atoms with E-state index in [-0.39, 0.29) is 46.9 Å². The van der Waals surface area contributed by atoms with Gasteiger partial charge in [0.25, 0.3) is 0 Å². The van der Waals surface area contributed by atoms with Gasteiger partial charge < -0.3 is 23.0 Å². The first-order valence-corrected chi connectivity index (χ1v) is 14.5. The highest BCUT2D eigenvalue weighted by Gasteiger charge is 2.82. The van der Waals surface area contributed by atoms with E-state index in [0.29, 0.717) is 12.8 Å². The molecule has 0 radical (unpaired) electrons. The van der Waals surface area contributed by atoms with E-state index >= 15 is 0 Å². The Labute approximate surface area is 242 Å². The van der Waals surface area contributed by atoms with Gasteiger partial charge in [-0.15, -0.1) is 0 Å². The van der Waals surface area contributed by atoms with Gasteiger partial charge >= 0.3 is 11.9 Å². The van der Waals surface area contributed by atoms with Crippen LogP contribution < -0.4 is 0 Å². The molecule has 1 saturated heterocycles. The number of ether oxygens (including phenoxy) is 3. The van der Waals surface area contributed by atoms with Crippen LogP contribution in [0.3, 0.4) is 0 Å². The smallest absolute Gasteiger partial charge is 0.379 e. The SMILES string of the molecule is C[C@@H]1CC2C3CCC4=CC(=O)C=C[C@]4(C)[C@]34O[C@H]4C[C@]2(C)[C@@]1(OC(=O)c1ccco1)/C(=C\Cl)OC(=O)c1ccco1. The van der Waals surface area contributed by atoms with E-state index in [1.807, 2.05) is 13.0 Å². The summed E-state index contributed by atoms with van der Waals surface area (Å²) < 4.78 is 29.8. The quantitative estimate of drug-likeness (QED) is 0.228. The molecule has 41 heavy (non-hydrogen) atoms. The van der Waals surface area contributed by atoms with Gasteiger partial charge in [-0.25, -0.2) is 9.59 Å².